The number of carbonyl (C=O) groups is 2. The number of aromatic nitrogens is 2. The summed E-state index contributed by atoms with van der Waals surface area (Å²) in [5.41, 5.74) is 1.51. The molecule has 7 nitrogen and oxygen atoms in total. The molecule has 2 aromatic carbocycles. The molecule has 27 heavy (non-hydrogen) atoms. The van der Waals surface area contributed by atoms with Crippen LogP contribution in [0.2, 0.25) is 0 Å². The Bertz CT molecular complexity index is 1040. The molecule has 8 heteroatoms. The second-order valence-corrected chi connectivity index (χ2v) is 6.03. The van der Waals surface area contributed by atoms with E-state index in [1.165, 1.54) is 33.4 Å². The Labute approximate surface area is 154 Å². The number of carbonyl (C=O) groups excluding carboxylic acids is 2. The van der Waals surface area contributed by atoms with Gasteiger partial charge in [-0.25, -0.2) is 9.18 Å². The molecule has 2 amide bonds. The van der Waals surface area contributed by atoms with Crippen LogP contribution in [-0.4, -0.2) is 34.0 Å². The summed E-state index contributed by atoms with van der Waals surface area (Å²) in [6.45, 7) is 0.323. The first-order valence-corrected chi connectivity index (χ1v) is 8.42. The Balaban J connectivity index is 1.52. The molecule has 0 aliphatic rings. The number of rotatable bonds is 6. The Kier molecular flexibility index (Phi) is 5.35. The second-order valence-electron chi connectivity index (χ2n) is 6.03. The zero-order valence-corrected chi connectivity index (χ0v) is 14.7. The number of hydrogen-bond donors (Lipinski definition) is 2. The highest BCUT2D eigenvalue weighted by atomic mass is 19.1. The maximum Gasteiger partial charge on any atom is 0.329 e. The van der Waals surface area contributed by atoms with E-state index in [-0.39, 0.29) is 37.1 Å². The van der Waals surface area contributed by atoms with Crippen molar-refractivity contribution in [2.45, 2.75) is 6.54 Å². The second kappa shape index (κ2) is 7.86. The average molecular weight is 370 g/mol. The van der Waals surface area contributed by atoms with Crippen molar-refractivity contribution < 1.29 is 14.0 Å². The van der Waals surface area contributed by atoms with Crippen molar-refractivity contribution in [1.29, 1.82) is 0 Å². The smallest absolute Gasteiger partial charge is 0.329 e. The number of aryl methyl sites for hydroxylation is 1. The van der Waals surface area contributed by atoms with Gasteiger partial charge in [0, 0.05) is 25.7 Å². The minimum atomic E-state index is -0.414. The molecule has 0 aliphatic carbocycles. The number of imidazole rings is 1. The lowest BCUT2D eigenvalue weighted by atomic mass is 10.2. The van der Waals surface area contributed by atoms with Gasteiger partial charge in [-0.1, -0.05) is 12.1 Å². The van der Waals surface area contributed by atoms with Crippen molar-refractivity contribution in [3.05, 3.63) is 70.4 Å². The number of fused-ring (bicyclic) bond motifs is 1. The molecule has 3 rings (SSSR count). The standard InChI is InChI=1S/C19H19FN4O3/c1-23-15-4-2-3-5-16(15)24(19(23)27)12-17(25)21-10-11-22-18(26)13-6-8-14(20)9-7-13/h2-9H,10-12H2,1H3,(H,21,25)(H,22,26). The number of benzene rings is 2. The summed E-state index contributed by atoms with van der Waals surface area (Å²) in [5.74, 6) is -1.10. The molecule has 0 atom stereocenters. The fourth-order valence-electron chi connectivity index (χ4n) is 2.80. The normalized spacial score (nSPS) is 10.7. The summed E-state index contributed by atoms with van der Waals surface area (Å²) in [5, 5.41) is 5.30. The number of halogens is 1. The third-order valence-electron chi connectivity index (χ3n) is 4.19. The predicted molar refractivity (Wildman–Crippen MR) is 98.9 cm³/mol. The van der Waals surface area contributed by atoms with Crippen LogP contribution < -0.4 is 16.3 Å². The first-order valence-electron chi connectivity index (χ1n) is 8.42. The quantitative estimate of drug-likeness (QED) is 0.636. The molecule has 3 aromatic rings. The van der Waals surface area contributed by atoms with Crippen LogP contribution in [0, 0.1) is 5.82 Å². The van der Waals surface area contributed by atoms with Gasteiger partial charge >= 0.3 is 5.69 Å². The van der Waals surface area contributed by atoms with Crippen LogP contribution in [-0.2, 0) is 18.4 Å². The SMILES string of the molecule is Cn1c(=O)n(CC(=O)NCCNC(=O)c2ccc(F)cc2)c2ccccc21. The molecular formula is C19H19FN4O3. The number of nitrogens with one attached hydrogen (secondary N) is 2. The van der Waals surface area contributed by atoms with E-state index in [0.717, 1.165) is 5.52 Å². The maximum atomic E-state index is 12.8. The first kappa shape index (κ1) is 18.4. The maximum absolute atomic E-state index is 12.8. The van der Waals surface area contributed by atoms with Gasteiger partial charge in [-0.05, 0) is 36.4 Å². The minimum absolute atomic E-state index is 0.105. The molecule has 0 aliphatic heterocycles. The van der Waals surface area contributed by atoms with E-state index in [1.54, 1.807) is 19.2 Å². The summed E-state index contributed by atoms with van der Waals surface area (Å²) in [4.78, 5) is 36.3. The summed E-state index contributed by atoms with van der Waals surface area (Å²) in [6.07, 6.45) is 0. The van der Waals surface area contributed by atoms with Crippen molar-refractivity contribution in [3.63, 3.8) is 0 Å². The molecule has 0 saturated heterocycles. The summed E-state index contributed by atoms with van der Waals surface area (Å²) < 4.78 is 15.7. The molecule has 0 spiro atoms. The summed E-state index contributed by atoms with van der Waals surface area (Å²) >= 11 is 0. The Hall–Kier alpha value is -3.42. The molecule has 0 unspecified atom stereocenters. The van der Waals surface area contributed by atoms with Crippen LogP contribution in [0.25, 0.3) is 11.0 Å². The van der Waals surface area contributed by atoms with Crippen molar-refractivity contribution in [2.24, 2.45) is 7.05 Å². The van der Waals surface area contributed by atoms with E-state index in [1.807, 2.05) is 12.1 Å². The van der Waals surface area contributed by atoms with Gasteiger partial charge in [0.25, 0.3) is 5.91 Å². The van der Waals surface area contributed by atoms with E-state index in [4.69, 9.17) is 0 Å². The minimum Gasteiger partial charge on any atom is -0.353 e. The molecule has 140 valence electrons. The van der Waals surface area contributed by atoms with Crippen LogP contribution >= 0.6 is 0 Å². The molecule has 0 saturated carbocycles. The van der Waals surface area contributed by atoms with Gasteiger partial charge in [0.2, 0.25) is 5.91 Å². The third kappa shape index (κ3) is 4.05. The average Bonchev–Trinajstić information content (AvgIpc) is 2.91. The third-order valence-corrected chi connectivity index (χ3v) is 4.19. The van der Waals surface area contributed by atoms with E-state index in [2.05, 4.69) is 10.6 Å². The highest BCUT2D eigenvalue weighted by molar-refractivity contribution is 5.94. The van der Waals surface area contributed by atoms with E-state index < -0.39 is 5.82 Å². The van der Waals surface area contributed by atoms with Crippen molar-refractivity contribution in [2.75, 3.05) is 13.1 Å². The lowest BCUT2D eigenvalue weighted by molar-refractivity contribution is -0.121. The lowest BCUT2D eigenvalue weighted by Crippen LogP contribution is -2.37. The molecule has 0 radical (unpaired) electrons. The Morgan fingerprint density at radius 2 is 1.59 bits per heavy atom. The van der Waals surface area contributed by atoms with Gasteiger partial charge in [0.15, 0.2) is 0 Å². The fraction of sp³-hybridized carbons (Fsp3) is 0.211. The highest BCUT2D eigenvalue weighted by Crippen LogP contribution is 2.11. The predicted octanol–water partition coefficient (Wildman–Crippen LogP) is 1.03. The van der Waals surface area contributed by atoms with Crippen molar-refractivity contribution >= 4 is 22.8 Å². The Morgan fingerprint density at radius 1 is 0.963 bits per heavy atom. The number of nitrogens with zero attached hydrogens (tertiary/aromatic N) is 2. The molecule has 2 N–H and O–H groups in total. The van der Waals surface area contributed by atoms with E-state index in [0.29, 0.717) is 11.1 Å². The molecule has 1 aromatic heterocycles. The largest absolute Gasteiger partial charge is 0.353 e. The van der Waals surface area contributed by atoms with Gasteiger partial charge in [-0.15, -0.1) is 0 Å². The van der Waals surface area contributed by atoms with Gasteiger partial charge in [0.05, 0.1) is 11.0 Å². The van der Waals surface area contributed by atoms with Gasteiger partial charge in [-0.3, -0.25) is 18.7 Å². The summed E-state index contributed by atoms with van der Waals surface area (Å²) in [7, 11) is 1.66. The van der Waals surface area contributed by atoms with E-state index >= 15 is 0 Å². The monoisotopic (exact) mass is 370 g/mol. The lowest BCUT2D eigenvalue weighted by Gasteiger charge is -2.08. The zero-order valence-electron chi connectivity index (χ0n) is 14.7. The van der Waals surface area contributed by atoms with Gasteiger partial charge < -0.3 is 10.6 Å². The number of amides is 2. The molecule has 0 fully saturated rings. The van der Waals surface area contributed by atoms with Crippen LogP contribution in [0.15, 0.2) is 53.3 Å². The fourth-order valence-corrected chi connectivity index (χ4v) is 2.80. The zero-order chi connectivity index (χ0) is 19.4. The Morgan fingerprint density at radius 3 is 2.30 bits per heavy atom. The van der Waals surface area contributed by atoms with Crippen molar-refractivity contribution in [1.82, 2.24) is 19.8 Å². The summed E-state index contributed by atoms with van der Waals surface area (Å²) in [6, 6.07) is 12.4. The van der Waals surface area contributed by atoms with Crippen LogP contribution in [0.3, 0.4) is 0 Å². The van der Waals surface area contributed by atoms with Crippen LogP contribution in [0.5, 0.6) is 0 Å². The first-order chi connectivity index (χ1) is 13.0. The van der Waals surface area contributed by atoms with Crippen LogP contribution in [0.4, 0.5) is 4.39 Å². The van der Waals surface area contributed by atoms with E-state index in [9.17, 15) is 18.8 Å². The molecular weight excluding hydrogens is 351 g/mol. The molecule has 1 heterocycles. The van der Waals surface area contributed by atoms with Gasteiger partial charge in [0.1, 0.15) is 12.4 Å². The topological polar surface area (TPSA) is 85.1 Å². The van der Waals surface area contributed by atoms with Crippen molar-refractivity contribution in [3.8, 4) is 0 Å². The number of hydrogen-bond acceptors (Lipinski definition) is 3. The van der Waals surface area contributed by atoms with Gasteiger partial charge in [-0.2, -0.15) is 0 Å². The van der Waals surface area contributed by atoms with Crippen LogP contribution in [0.1, 0.15) is 10.4 Å². The molecule has 0 bridgehead atoms. The number of para-hydroxylation sites is 2. The highest BCUT2D eigenvalue weighted by Gasteiger charge is 2.13.